The molecule has 0 spiro atoms. The number of nitriles is 1. The first-order chi connectivity index (χ1) is 18.8. The SMILES string of the molecule is Cc1cc([C@H](C)NC(=O)c2nc(C#N)cnc2NCc2ccc(-c3cnc4n[nH]c(N)c4c3)nc2)ccc1F. The number of benzene rings is 1. The summed E-state index contributed by atoms with van der Waals surface area (Å²) >= 11 is 0. The number of nitrogens with one attached hydrogen (secondary N) is 3. The van der Waals surface area contributed by atoms with Gasteiger partial charge in [0.05, 0.1) is 23.3 Å². The van der Waals surface area contributed by atoms with Gasteiger partial charge in [-0.3, -0.25) is 14.9 Å². The van der Waals surface area contributed by atoms with Gasteiger partial charge in [-0.25, -0.2) is 19.3 Å². The summed E-state index contributed by atoms with van der Waals surface area (Å²) in [6, 6.07) is 11.7. The molecular weight excluding hydrogens is 499 g/mol. The number of halogens is 1. The second-order valence-corrected chi connectivity index (χ2v) is 8.91. The van der Waals surface area contributed by atoms with E-state index in [2.05, 4.69) is 40.8 Å². The third-order valence-corrected chi connectivity index (χ3v) is 6.15. The van der Waals surface area contributed by atoms with Gasteiger partial charge in [-0.1, -0.05) is 18.2 Å². The molecule has 0 saturated carbocycles. The predicted octanol–water partition coefficient (Wildman–Crippen LogP) is 3.81. The molecule has 4 heterocycles. The number of nitrogens with two attached hydrogens (primary N) is 1. The zero-order valence-electron chi connectivity index (χ0n) is 21.0. The fourth-order valence-corrected chi connectivity index (χ4v) is 3.96. The van der Waals surface area contributed by atoms with Crippen molar-refractivity contribution < 1.29 is 9.18 Å². The lowest BCUT2D eigenvalue weighted by Gasteiger charge is -2.16. The minimum absolute atomic E-state index is 0.00540. The van der Waals surface area contributed by atoms with E-state index in [1.807, 2.05) is 24.3 Å². The Balaban J connectivity index is 1.31. The average Bonchev–Trinajstić information content (AvgIpc) is 3.33. The summed E-state index contributed by atoms with van der Waals surface area (Å²) in [5.41, 5.74) is 9.94. The van der Waals surface area contributed by atoms with E-state index >= 15 is 0 Å². The van der Waals surface area contributed by atoms with Gasteiger partial charge in [0.15, 0.2) is 22.9 Å². The molecule has 1 amide bonds. The highest BCUT2D eigenvalue weighted by molar-refractivity contribution is 5.97. The third-order valence-electron chi connectivity index (χ3n) is 6.15. The van der Waals surface area contributed by atoms with Crippen LogP contribution in [0.15, 0.2) is 55.0 Å². The van der Waals surface area contributed by atoms with Crippen LogP contribution in [0.3, 0.4) is 0 Å². The van der Waals surface area contributed by atoms with E-state index in [9.17, 15) is 14.4 Å². The van der Waals surface area contributed by atoms with Gasteiger partial charge in [-0.15, -0.1) is 0 Å². The first kappa shape index (κ1) is 25.2. The number of rotatable bonds is 7. The van der Waals surface area contributed by atoms with Gasteiger partial charge >= 0.3 is 0 Å². The van der Waals surface area contributed by atoms with Crippen LogP contribution in [-0.4, -0.2) is 36.0 Å². The monoisotopic (exact) mass is 522 g/mol. The number of nitrogen functional groups attached to an aromatic ring is 1. The summed E-state index contributed by atoms with van der Waals surface area (Å²) < 4.78 is 13.7. The Kier molecular flexibility index (Phi) is 6.79. The van der Waals surface area contributed by atoms with Crippen LogP contribution in [0, 0.1) is 24.1 Å². The maximum absolute atomic E-state index is 13.7. The van der Waals surface area contributed by atoms with Crippen LogP contribution in [-0.2, 0) is 6.54 Å². The highest BCUT2D eigenvalue weighted by Crippen LogP contribution is 2.24. The molecule has 0 bridgehead atoms. The number of anilines is 2. The molecule has 0 radical (unpaired) electrons. The number of fused-ring (bicyclic) bond motifs is 1. The highest BCUT2D eigenvalue weighted by Gasteiger charge is 2.19. The van der Waals surface area contributed by atoms with Crippen LogP contribution in [0.2, 0.25) is 0 Å². The molecule has 0 aliphatic carbocycles. The van der Waals surface area contributed by atoms with Crippen molar-refractivity contribution in [2.75, 3.05) is 11.1 Å². The van der Waals surface area contributed by atoms with Crippen molar-refractivity contribution >= 4 is 28.6 Å². The number of aromatic nitrogens is 6. The molecule has 5 rings (SSSR count). The number of pyridine rings is 2. The molecule has 11 nitrogen and oxygen atoms in total. The molecule has 194 valence electrons. The number of carbonyl (C=O) groups is 1. The standard InChI is InChI=1S/C27H23FN10O/c1-14-7-17(4-5-21(14)28)15(2)35-27(39)23-26(34-13-19(9-29)36-23)32-11-16-3-6-22(31-10-16)18-8-20-24(30)37-38-25(20)33-12-18/h3-8,10,12-13,15H,11H2,1-2H3,(H,32,34)(H,35,39)(H3,30,33,37,38)/t15-/m0/s1. The Bertz CT molecular complexity index is 1730. The van der Waals surface area contributed by atoms with E-state index in [4.69, 9.17) is 5.73 Å². The zero-order valence-corrected chi connectivity index (χ0v) is 21.0. The van der Waals surface area contributed by atoms with Crippen LogP contribution in [0.1, 0.15) is 45.8 Å². The first-order valence-corrected chi connectivity index (χ1v) is 11.9. The predicted molar refractivity (Wildman–Crippen MR) is 143 cm³/mol. The number of carbonyl (C=O) groups excluding carboxylic acids is 1. The van der Waals surface area contributed by atoms with Crippen LogP contribution in [0.25, 0.3) is 22.3 Å². The summed E-state index contributed by atoms with van der Waals surface area (Å²) in [4.78, 5) is 30.3. The van der Waals surface area contributed by atoms with E-state index < -0.39 is 11.9 Å². The van der Waals surface area contributed by atoms with Crippen LogP contribution >= 0.6 is 0 Å². The number of H-pyrrole nitrogens is 1. The fourth-order valence-electron chi connectivity index (χ4n) is 3.96. The maximum Gasteiger partial charge on any atom is 0.274 e. The fraction of sp³-hybridized carbons (Fsp3) is 0.148. The Hall–Kier alpha value is -5.44. The Morgan fingerprint density at radius 1 is 1.15 bits per heavy atom. The molecule has 5 N–H and O–H groups in total. The van der Waals surface area contributed by atoms with Crippen molar-refractivity contribution in [3.63, 3.8) is 0 Å². The van der Waals surface area contributed by atoms with Crippen LogP contribution in [0.4, 0.5) is 16.0 Å². The molecule has 4 aromatic heterocycles. The minimum atomic E-state index is -0.522. The number of nitrogens with zero attached hydrogens (tertiary/aromatic N) is 6. The van der Waals surface area contributed by atoms with Gasteiger partial charge in [0.25, 0.3) is 5.91 Å². The van der Waals surface area contributed by atoms with Crippen molar-refractivity contribution in [3.05, 3.63) is 88.9 Å². The lowest BCUT2D eigenvalue weighted by atomic mass is 10.1. The van der Waals surface area contributed by atoms with E-state index in [-0.39, 0.29) is 23.0 Å². The number of aryl methyl sites for hydroxylation is 1. The van der Waals surface area contributed by atoms with Crippen LogP contribution < -0.4 is 16.4 Å². The van der Waals surface area contributed by atoms with Gasteiger partial charge in [-0.2, -0.15) is 10.4 Å². The topological polar surface area (TPSA) is 171 Å². The van der Waals surface area contributed by atoms with Crippen molar-refractivity contribution in [2.45, 2.75) is 26.4 Å². The third kappa shape index (κ3) is 5.33. The number of aromatic amines is 1. The van der Waals surface area contributed by atoms with E-state index in [1.165, 1.54) is 12.3 Å². The van der Waals surface area contributed by atoms with E-state index in [0.717, 1.165) is 16.7 Å². The van der Waals surface area contributed by atoms with Crippen molar-refractivity contribution in [1.29, 1.82) is 5.26 Å². The molecule has 0 saturated heterocycles. The minimum Gasteiger partial charge on any atom is -0.384 e. The molecule has 5 aromatic rings. The van der Waals surface area contributed by atoms with Gasteiger partial charge in [0.1, 0.15) is 17.7 Å². The molecule has 1 aromatic carbocycles. The quantitative estimate of drug-likeness (QED) is 0.248. The molecular formula is C27H23FN10O. The van der Waals surface area contributed by atoms with Gasteiger partial charge in [0, 0.05) is 24.5 Å². The van der Waals surface area contributed by atoms with Gasteiger partial charge in [-0.05, 0) is 48.7 Å². The highest BCUT2D eigenvalue weighted by atomic mass is 19.1. The van der Waals surface area contributed by atoms with Crippen molar-refractivity contribution in [2.24, 2.45) is 0 Å². The second kappa shape index (κ2) is 10.5. The molecule has 0 aliphatic heterocycles. The maximum atomic E-state index is 13.7. The van der Waals surface area contributed by atoms with E-state index in [0.29, 0.717) is 34.7 Å². The molecule has 12 heteroatoms. The zero-order chi connectivity index (χ0) is 27.5. The normalized spacial score (nSPS) is 11.6. The molecule has 0 aliphatic rings. The molecule has 0 unspecified atom stereocenters. The Labute approximate surface area is 222 Å². The van der Waals surface area contributed by atoms with Gasteiger partial charge < -0.3 is 16.4 Å². The summed E-state index contributed by atoms with van der Waals surface area (Å²) in [5, 5.41) is 22.7. The second-order valence-electron chi connectivity index (χ2n) is 8.91. The molecule has 0 fully saturated rings. The van der Waals surface area contributed by atoms with Crippen molar-refractivity contribution in [1.82, 2.24) is 35.5 Å². The summed E-state index contributed by atoms with van der Waals surface area (Å²) in [6.45, 7) is 3.73. The summed E-state index contributed by atoms with van der Waals surface area (Å²) in [6.07, 6.45) is 4.66. The van der Waals surface area contributed by atoms with Crippen molar-refractivity contribution in [3.8, 4) is 17.3 Å². The summed E-state index contributed by atoms with van der Waals surface area (Å²) in [7, 11) is 0. The number of amides is 1. The van der Waals surface area contributed by atoms with Gasteiger partial charge in [0.2, 0.25) is 0 Å². The van der Waals surface area contributed by atoms with Crippen LogP contribution in [0.5, 0.6) is 0 Å². The summed E-state index contributed by atoms with van der Waals surface area (Å²) in [5.74, 6) is -0.195. The Morgan fingerprint density at radius 3 is 2.74 bits per heavy atom. The molecule has 39 heavy (non-hydrogen) atoms. The van der Waals surface area contributed by atoms with E-state index in [1.54, 1.807) is 38.4 Å². The Morgan fingerprint density at radius 2 is 2.00 bits per heavy atom. The molecule has 1 atom stereocenters. The first-order valence-electron chi connectivity index (χ1n) is 11.9. The largest absolute Gasteiger partial charge is 0.384 e. The lowest BCUT2D eigenvalue weighted by Crippen LogP contribution is -2.29. The number of hydrogen-bond donors (Lipinski definition) is 4. The average molecular weight is 523 g/mol. The smallest absolute Gasteiger partial charge is 0.274 e. The lowest BCUT2D eigenvalue weighted by molar-refractivity contribution is 0.0935. The number of hydrogen-bond acceptors (Lipinski definition) is 9.